The lowest BCUT2D eigenvalue weighted by atomic mass is 10.1. The number of aromatic nitrogens is 3. The normalized spacial score (nSPS) is 23.1. The van der Waals surface area contributed by atoms with Gasteiger partial charge in [0.05, 0.1) is 24.3 Å². The lowest BCUT2D eigenvalue weighted by Gasteiger charge is -2.15. The van der Waals surface area contributed by atoms with Gasteiger partial charge in [0.1, 0.15) is 41.6 Å². The number of aliphatic hydroxyl groups excluding tert-OH is 1. The fourth-order valence-corrected chi connectivity index (χ4v) is 5.15. The second-order valence-corrected chi connectivity index (χ2v) is 12.5. The maximum absolute atomic E-state index is 14.7. The molecule has 2 aliphatic rings. The van der Waals surface area contributed by atoms with E-state index >= 15 is 0 Å². The number of benzene rings is 1. The molecular formula is C24H27ClF2N4O6S. The van der Waals surface area contributed by atoms with Crippen molar-refractivity contribution in [3.63, 3.8) is 0 Å². The summed E-state index contributed by atoms with van der Waals surface area (Å²) in [5.74, 6) is -1.55. The van der Waals surface area contributed by atoms with Crippen molar-refractivity contribution in [1.29, 1.82) is 0 Å². The molecule has 2 aliphatic heterocycles. The van der Waals surface area contributed by atoms with Crippen LogP contribution in [0.4, 0.5) is 8.78 Å². The molecule has 206 valence electrons. The smallest absolute Gasteiger partial charge is 0.296 e. The van der Waals surface area contributed by atoms with Gasteiger partial charge in [-0.05, 0) is 36.6 Å². The van der Waals surface area contributed by atoms with Crippen molar-refractivity contribution in [1.82, 2.24) is 15.0 Å². The summed E-state index contributed by atoms with van der Waals surface area (Å²) >= 11 is 6.28. The summed E-state index contributed by atoms with van der Waals surface area (Å²) in [6.07, 6.45) is 1.97. The van der Waals surface area contributed by atoms with E-state index in [9.17, 15) is 18.1 Å². The van der Waals surface area contributed by atoms with E-state index in [1.165, 1.54) is 30.7 Å². The number of aromatic amines is 1. The Hall–Kier alpha value is -2.58. The summed E-state index contributed by atoms with van der Waals surface area (Å²) in [6.45, 7) is 0.319. The van der Waals surface area contributed by atoms with Crippen molar-refractivity contribution in [2.45, 2.75) is 43.9 Å². The number of aryl methyl sites for hydroxylation is 1. The molecule has 14 heteroatoms. The maximum Gasteiger partial charge on any atom is 0.296 e. The van der Waals surface area contributed by atoms with Crippen LogP contribution in [0, 0.1) is 11.6 Å². The minimum Gasteiger partial charge on any atom is -0.471 e. The lowest BCUT2D eigenvalue weighted by Crippen LogP contribution is -2.34. The third-order valence-electron chi connectivity index (χ3n) is 6.20. The molecule has 1 aromatic carbocycles. The first kappa shape index (κ1) is 27.0. The molecule has 5 rings (SSSR count). The summed E-state index contributed by atoms with van der Waals surface area (Å²) in [5.41, 5.74) is 0.903. The van der Waals surface area contributed by atoms with Crippen LogP contribution < -0.4 is 9.47 Å². The van der Waals surface area contributed by atoms with Gasteiger partial charge in [-0.1, -0.05) is 11.6 Å². The van der Waals surface area contributed by atoms with E-state index in [1.807, 2.05) is 0 Å². The molecule has 3 aromatic rings. The average Bonchev–Trinajstić information content (AvgIpc) is 3.52. The van der Waals surface area contributed by atoms with Crippen molar-refractivity contribution >= 4 is 32.5 Å². The molecule has 2 N–H and O–H groups in total. The first-order chi connectivity index (χ1) is 18.1. The van der Waals surface area contributed by atoms with E-state index < -0.39 is 52.4 Å². The quantitative estimate of drug-likeness (QED) is 0.375. The van der Waals surface area contributed by atoms with Crippen LogP contribution in [0.25, 0.3) is 11.2 Å². The summed E-state index contributed by atoms with van der Waals surface area (Å²) < 4.78 is 67.5. The third-order valence-corrected chi connectivity index (χ3v) is 7.27. The average molecular weight is 573 g/mol. The van der Waals surface area contributed by atoms with Crippen molar-refractivity contribution in [3.05, 3.63) is 46.0 Å². The van der Waals surface area contributed by atoms with E-state index in [1.54, 1.807) is 0 Å². The van der Waals surface area contributed by atoms with Crippen molar-refractivity contribution in [3.8, 4) is 11.9 Å². The number of nitrogens with zero attached hydrogens (tertiary/aromatic N) is 3. The number of imidazole rings is 1. The monoisotopic (exact) mass is 572 g/mol. The number of pyridine rings is 1. The largest absolute Gasteiger partial charge is 0.471 e. The molecule has 0 aliphatic carbocycles. The van der Waals surface area contributed by atoms with Crippen LogP contribution in [0.15, 0.2) is 22.6 Å². The molecule has 0 unspecified atom stereocenters. The van der Waals surface area contributed by atoms with E-state index in [4.69, 9.17) is 30.5 Å². The molecule has 0 radical (unpaired) electrons. The lowest BCUT2D eigenvalue weighted by molar-refractivity contribution is 0.00706. The standard InChI is InChI=1S/C24H27ClF2N4O6S/c1-38(2,33)28-5-3-4-12-6-15(26)13(16(27)7-12)9-36-23-14(25)8-17-22(30-23)31-24(29-17)37-19-11-35-20-18(32)10-34-21(19)20/h6-8,18-21,32H,3-5,9-11H2,1-2H3,(H,29,30,31)/t18-,19-,20-,21-/m1/s1. The van der Waals surface area contributed by atoms with Crippen LogP contribution in [-0.4, -0.2) is 81.0 Å². The first-order valence-electron chi connectivity index (χ1n) is 11.9. The van der Waals surface area contributed by atoms with Gasteiger partial charge in [0.2, 0.25) is 5.88 Å². The zero-order valence-electron chi connectivity index (χ0n) is 20.7. The first-order valence-corrected chi connectivity index (χ1v) is 14.6. The Morgan fingerprint density at radius 3 is 2.66 bits per heavy atom. The predicted octanol–water partition coefficient (Wildman–Crippen LogP) is 3.03. The molecule has 38 heavy (non-hydrogen) atoms. The van der Waals surface area contributed by atoms with E-state index in [0.29, 0.717) is 30.5 Å². The van der Waals surface area contributed by atoms with Crippen molar-refractivity contribution in [2.24, 2.45) is 4.36 Å². The summed E-state index contributed by atoms with van der Waals surface area (Å²) in [5, 5.41) is 10.00. The number of ether oxygens (including phenoxy) is 4. The molecule has 4 heterocycles. The SMILES string of the molecule is CS(C)(=O)=NCCCc1cc(F)c(COc2nc3nc(O[C@@H]4CO[C@H]5[C@@H]4OC[C@H]5O)[nH]c3cc2Cl)c(F)c1. The van der Waals surface area contributed by atoms with Gasteiger partial charge >= 0.3 is 0 Å². The molecule has 0 amide bonds. The van der Waals surface area contributed by atoms with Gasteiger partial charge in [-0.25, -0.2) is 13.1 Å². The molecule has 4 atom stereocenters. The number of nitrogens with one attached hydrogen (secondary N) is 1. The van der Waals surface area contributed by atoms with Gasteiger partial charge in [0.25, 0.3) is 6.01 Å². The van der Waals surface area contributed by atoms with Crippen LogP contribution >= 0.6 is 11.6 Å². The van der Waals surface area contributed by atoms with Gasteiger partial charge < -0.3 is 29.0 Å². The predicted molar refractivity (Wildman–Crippen MR) is 135 cm³/mol. The topological polar surface area (TPSA) is 128 Å². The third kappa shape index (κ3) is 6.01. The number of halogens is 3. The number of aliphatic hydroxyl groups is 1. The second-order valence-electron chi connectivity index (χ2n) is 9.47. The highest BCUT2D eigenvalue weighted by Crippen LogP contribution is 2.31. The molecule has 2 saturated heterocycles. The Labute approximate surface area is 222 Å². The van der Waals surface area contributed by atoms with Crippen LogP contribution in [0.3, 0.4) is 0 Å². The maximum atomic E-state index is 14.7. The zero-order chi connectivity index (χ0) is 27.0. The van der Waals surface area contributed by atoms with Crippen LogP contribution in [0.2, 0.25) is 5.02 Å². The Kier molecular flexibility index (Phi) is 7.74. The molecule has 0 saturated carbocycles. The van der Waals surface area contributed by atoms with Gasteiger partial charge in [-0.15, -0.1) is 0 Å². The van der Waals surface area contributed by atoms with Crippen LogP contribution in [-0.2, 0) is 32.2 Å². The van der Waals surface area contributed by atoms with Crippen LogP contribution in [0.5, 0.6) is 11.9 Å². The molecule has 0 bridgehead atoms. The molecule has 2 aromatic heterocycles. The van der Waals surface area contributed by atoms with Crippen LogP contribution in [0.1, 0.15) is 17.5 Å². The number of hydrogen-bond donors (Lipinski definition) is 2. The fourth-order valence-electron chi connectivity index (χ4n) is 4.37. The van der Waals surface area contributed by atoms with Gasteiger partial charge in [-0.3, -0.25) is 4.21 Å². The number of rotatable bonds is 9. The Morgan fingerprint density at radius 2 is 1.92 bits per heavy atom. The fraction of sp³-hybridized carbons (Fsp3) is 0.500. The van der Waals surface area contributed by atoms with Crippen molar-refractivity contribution < 1.29 is 37.0 Å². The van der Waals surface area contributed by atoms with Gasteiger partial charge in [-0.2, -0.15) is 9.97 Å². The molecular weight excluding hydrogens is 546 g/mol. The summed E-state index contributed by atoms with van der Waals surface area (Å²) in [6, 6.07) is 4.17. The van der Waals surface area contributed by atoms with Gasteiger partial charge in [0, 0.05) is 28.8 Å². The zero-order valence-corrected chi connectivity index (χ0v) is 22.2. The molecule has 0 spiro atoms. The van der Waals surface area contributed by atoms with Crippen molar-refractivity contribution in [2.75, 3.05) is 32.3 Å². The summed E-state index contributed by atoms with van der Waals surface area (Å²) in [7, 11) is -2.20. The highest BCUT2D eigenvalue weighted by molar-refractivity contribution is 7.92. The highest BCUT2D eigenvalue weighted by Gasteiger charge is 2.48. The van der Waals surface area contributed by atoms with Gasteiger partial charge in [0.15, 0.2) is 11.8 Å². The van der Waals surface area contributed by atoms with E-state index in [-0.39, 0.29) is 41.3 Å². The second kappa shape index (κ2) is 10.9. The van der Waals surface area contributed by atoms with E-state index in [2.05, 4.69) is 19.3 Å². The van der Waals surface area contributed by atoms with E-state index in [0.717, 1.165) is 0 Å². The number of H-pyrrole nitrogens is 1. The minimum atomic E-state index is -2.20. The highest BCUT2D eigenvalue weighted by atomic mass is 35.5. The number of hydrogen-bond acceptors (Lipinski definition) is 9. The minimum absolute atomic E-state index is 0.0454. The summed E-state index contributed by atoms with van der Waals surface area (Å²) in [4.78, 5) is 11.5. The Balaban J connectivity index is 1.24. The number of fused-ring (bicyclic) bond motifs is 2. The Bertz CT molecular complexity index is 1430. The Morgan fingerprint density at radius 1 is 1.18 bits per heavy atom. The molecule has 10 nitrogen and oxygen atoms in total. The molecule has 2 fully saturated rings.